The highest BCUT2D eigenvalue weighted by atomic mass is 16.5. The highest BCUT2D eigenvalue weighted by Gasteiger charge is 2.28. The topological polar surface area (TPSA) is 47.4 Å². The van der Waals surface area contributed by atoms with Crippen molar-refractivity contribution in [3.63, 3.8) is 0 Å². The quantitative estimate of drug-likeness (QED) is 0.688. The number of likely N-dealkylation sites (N-methyl/N-ethyl adjacent to an activating group) is 1. The maximum Gasteiger partial charge on any atom is 0.184 e. The van der Waals surface area contributed by atoms with Gasteiger partial charge in [0.1, 0.15) is 5.69 Å². The number of methoxy groups -OCH3 is 1. The van der Waals surface area contributed by atoms with Gasteiger partial charge < -0.3 is 9.64 Å². The van der Waals surface area contributed by atoms with Crippen molar-refractivity contribution in [2.75, 3.05) is 27.7 Å². The summed E-state index contributed by atoms with van der Waals surface area (Å²) in [4.78, 5) is 14.3. The first-order valence-corrected chi connectivity index (χ1v) is 6.39. The average Bonchev–Trinajstić information content (AvgIpc) is 3.03. The van der Waals surface area contributed by atoms with E-state index in [-0.39, 0.29) is 5.78 Å². The van der Waals surface area contributed by atoms with Gasteiger partial charge in [0.2, 0.25) is 0 Å². The van der Waals surface area contributed by atoms with Crippen LogP contribution in [0, 0.1) is 5.92 Å². The Bertz CT molecular complexity index is 422. The molecule has 2 rings (SSSR count). The summed E-state index contributed by atoms with van der Waals surface area (Å²) >= 11 is 0. The predicted molar refractivity (Wildman–Crippen MR) is 69.0 cm³/mol. The Balaban J connectivity index is 2.12. The van der Waals surface area contributed by atoms with Crippen LogP contribution in [0.5, 0.6) is 5.75 Å². The largest absolute Gasteiger partial charge is 0.493 e. The van der Waals surface area contributed by atoms with Gasteiger partial charge in [-0.05, 0) is 32.9 Å². The summed E-state index contributed by atoms with van der Waals surface area (Å²) in [7, 11) is 5.60. The minimum absolute atomic E-state index is 0.158. The molecule has 0 radical (unpaired) electrons. The maximum atomic E-state index is 12.2. The lowest BCUT2D eigenvalue weighted by atomic mass is 10.1. The van der Waals surface area contributed by atoms with E-state index in [0.717, 1.165) is 6.54 Å². The second kappa shape index (κ2) is 5.52. The summed E-state index contributed by atoms with van der Waals surface area (Å²) in [5.74, 6) is 1.34. The lowest BCUT2D eigenvalue weighted by Gasteiger charge is -2.12. The van der Waals surface area contributed by atoms with E-state index in [1.807, 2.05) is 14.1 Å². The molecule has 0 unspecified atom stereocenters. The summed E-state index contributed by atoms with van der Waals surface area (Å²) in [5.41, 5.74) is 0.631. The zero-order valence-corrected chi connectivity index (χ0v) is 11.3. The summed E-state index contributed by atoms with van der Waals surface area (Å²) in [5, 5.41) is 4.25. The Kier molecular flexibility index (Phi) is 4.01. The zero-order valence-electron chi connectivity index (χ0n) is 11.3. The fraction of sp³-hybridized carbons (Fsp3) is 0.692. The first kappa shape index (κ1) is 13.1. The third-order valence-electron chi connectivity index (χ3n) is 3.22. The maximum absolute atomic E-state index is 12.2. The summed E-state index contributed by atoms with van der Waals surface area (Å²) in [6.07, 6.45) is 4.62. The van der Waals surface area contributed by atoms with Crippen molar-refractivity contribution in [3.05, 3.63) is 11.9 Å². The predicted octanol–water partition coefficient (Wildman–Crippen LogP) is 1.44. The third-order valence-corrected chi connectivity index (χ3v) is 3.22. The van der Waals surface area contributed by atoms with Crippen molar-refractivity contribution in [2.45, 2.75) is 25.8 Å². The van der Waals surface area contributed by atoms with Crippen molar-refractivity contribution in [1.82, 2.24) is 14.7 Å². The molecule has 0 bridgehead atoms. The fourth-order valence-electron chi connectivity index (χ4n) is 1.94. The van der Waals surface area contributed by atoms with E-state index in [1.165, 1.54) is 12.8 Å². The third kappa shape index (κ3) is 3.10. The standard InChI is InChI=1S/C13H21N3O2/c1-15(2)6-7-16-13(12(18-3)9-14-16)11(17)8-10-4-5-10/h9-10H,4-8H2,1-3H3. The molecule has 1 aliphatic rings. The number of Topliss-reactive ketones (excluding diaryl/α,β-unsaturated/α-hetero) is 1. The van der Waals surface area contributed by atoms with Gasteiger partial charge in [-0.3, -0.25) is 9.48 Å². The molecule has 0 saturated heterocycles. The van der Waals surface area contributed by atoms with Crippen LogP contribution in [-0.2, 0) is 6.54 Å². The molecule has 1 aromatic rings. The van der Waals surface area contributed by atoms with Crippen LogP contribution in [0.15, 0.2) is 6.20 Å². The first-order chi connectivity index (χ1) is 8.61. The van der Waals surface area contributed by atoms with Crippen molar-refractivity contribution in [2.24, 2.45) is 5.92 Å². The molecule has 0 atom stereocenters. The molecule has 1 heterocycles. The van der Waals surface area contributed by atoms with Gasteiger partial charge in [0.05, 0.1) is 19.9 Å². The molecule has 0 aromatic carbocycles. The van der Waals surface area contributed by atoms with E-state index >= 15 is 0 Å². The first-order valence-electron chi connectivity index (χ1n) is 6.39. The number of ketones is 1. The van der Waals surface area contributed by atoms with Crippen LogP contribution in [0.1, 0.15) is 29.8 Å². The molecule has 0 spiro atoms. The number of ether oxygens (including phenoxy) is 1. The lowest BCUT2D eigenvalue weighted by molar-refractivity contribution is 0.0961. The molecule has 1 aliphatic carbocycles. The van der Waals surface area contributed by atoms with Gasteiger partial charge in [0.15, 0.2) is 11.5 Å². The Morgan fingerprint density at radius 1 is 1.56 bits per heavy atom. The van der Waals surface area contributed by atoms with Crippen molar-refractivity contribution in [1.29, 1.82) is 0 Å². The summed E-state index contributed by atoms with van der Waals surface area (Å²) in [6.45, 7) is 1.57. The average molecular weight is 251 g/mol. The SMILES string of the molecule is COc1cnn(CCN(C)C)c1C(=O)CC1CC1. The van der Waals surface area contributed by atoms with Gasteiger partial charge in [-0.15, -0.1) is 0 Å². The molecule has 100 valence electrons. The Morgan fingerprint density at radius 3 is 2.83 bits per heavy atom. The van der Waals surface area contributed by atoms with E-state index < -0.39 is 0 Å². The van der Waals surface area contributed by atoms with Crippen molar-refractivity contribution < 1.29 is 9.53 Å². The number of rotatable bonds is 7. The van der Waals surface area contributed by atoms with Crippen molar-refractivity contribution in [3.8, 4) is 5.75 Å². The van der Waals surface area contributed by atoms with Crippen LogP contribution in [0.3, 0.4) is 0 Å². The van der Waals surface area contributed by atoms with Gasteiger partial charge in [0.25, 0.3) is 0 Å². The van der Waals surface area contributed by atoms with Crippen LogP contribution < -0.4 is 4.74 Å². The van der Waals surface area contributed by atoms with Crippen LogP contribution in [0.2, 0.25) is 0 Å². The molecule has 5 heteroatoms. The van der Waals surface area contributed by atoms with E-state index in [2.05, 4.69) is 10.00 Å². The van der Waals surface area contributed by atoms with Crippen molar-refractivity contribution >= 4 is 5.78 Å². The number of carbonyl (C=O) groups is 1. The molecule has 5 nitrogen and oxygen atoms in total. The monoisotopic (exact) mass is 251 g/mol. The minimum atomic E-state index is 0.158. The molecule has 0 aliphatic heterocycles. The van der Waals surface area contributed by atoms with Gasteiger partial charge in [0, 0.05) is 13.0 Å². The zero-order chi connectivity index (χ0) is 13.1. The smallest absolute Gasteiger partial charge is 0.184 e. The van der Waals surface area contributed by atoms with Crippen LogP contribution >= 0.6 is 0 Å². The highest BCUT2D eigenvalue weighted by molar-refractivity contribution is 5.97. The summed E-state index contributed by atoms with van der Waals surface area (Å²) < 4.78 is 7.01. The molecule has 1 saturated carbocycles. The molecule has 18 heavy (non-hydrogen) atoms. The van der Waals surface area contributed by atoms with E-state index in [9.17, 15) is 4.79 Å². The molecule has 0 amide bonds. The van der Waals surface area contributed by atoms with Crippen LogP contribution in [-0.4, -0.2) is 48.2 Å². The summed E-state index contributed by atoms with van der Waals surface area (Å²) in [6, 6.07) is 0. The van der Waals surface area contributed by atoms with E-state index in [4.69, 9.17) is 4.74 Å². The molecule has 1 aromatic heterocycles. The normalized spacial score (nSPS) is 15.1. The van der Waals surface area contributed by atoms with Gasteiger partial charge in [-0.2, -0.15) is 5.10 Å². The van der Waals surface area contributed by atoms with E-state index in [1.54, 1.807) is 18.0 Å². The Hall–Kier alpha value is -1.36. The van der Waals surface area contributed by atoms with Gasteiger partial charge >= 0.3 is 0 Å². The lowest BCUT2D eigenvalue weighted by Crippen LogP contribution is -2.21. The van der Waals surface area contributed by atoms with Crippen LogP contribution in [0.25, 0.3) is 0 Å². The number of hydrogen-bond donors (Lipinski definition) is 0. The second-order valence-corrected chi connectivity index (χ2v) is 5.16. The fourth-order valence-corrected chi connectivity index (χ4v) is 1.94. The number of aromatic nitrogens is 2. The Labute approximate surface area is 108 Å². The number of nitrogens with zero attached hydrogens (tertiary/aromatic N) is 3. The van der Waals surface area contributed by atoms with Crippen LogP contribution in [0.4, 0.5) is 0 Å². The number of carbonyl (C=O) groups excluding carboxylic acids is 1. The van der Waals surface area contributed by atoms with Gasteiger partial charge in [-0.1, -0.05) is 0 Å². The molecule has 0 N–H and O–H groups in total. The Morgan fingerprint density at radius 2 is 2.28 bits per heavy atom. The van der Waals surface area contributed by atoms with E-state index in [0.29, 0.717) is 30.3 Å². The molecule has 1 fully saturated rings. The minimum Gasteiger partial charge on any atom is -0.493 e. The number of hydrogen-bond acceptors (Lipinski definition) is 4. The molecular formula is C13H21N3O2. The van der Waals surface area contributed by atoms with Gasteiger partial charge in [-0.25, -0.2) is 0 Å². The molecular weight excluding hydrogens is 230 g/mol. The second-order valence-electron chi connectivity index (χ2n) is 5.16. The highest BCUT2D eigenvalue weighted by Crippen LogP contribution is 2.34.